The van der Waals surface area contributed by atoms with E-state index in [-0.39, 0.29) is 24.3 Å². The lowest BCUT2D eigenvalue weighted by Gasteiger charge is -2.33. The lowest BCUT2D eigenvalue weighted by Crippen LogP contribution is -2.47. The van der Waals surface area contributed by atoms with Crippen molar-refractivity contribution in [2.45, 2.75) is 18.9 Å². The first-order valence-electron chi connectivity index (χ1n) is 8.87. The summed E-state index contributed by atoms with van der Waals surface area (Å²) in [6.45, 7) is 1.51. The SMILES string of the molecule is O=C(CNc1ccc(F)cc1)N1CCC[C@H](Nc2ncnc3[nH]ncc23)C1. The standard InChI is InChI=1S/C18H20FN7O/c19-12-3-5-13(6-4-12)20-9-16(27)26-7-1-2-14(10-26)24-17-15-8-23-25-18(15)22-11-21-17/h3-6,8,11,14,20H,1-2,7,9-10H2,(H2,21,22,23,24,25)/t14-/m0/s1. The number of hydrogen-bond donors (Lipinski definition) is 3. The van der Waals surface area contributed by atoms with E-state index >= 15 is 0 Å². The predicted octanol–water partition coefficient (Wildman–Crippen LogP) is 2.01. The minimum absolute atomic E-state index is 0.0157. The Kier molecular flexibility index (Phi) is 4.82. The molecule has 0 aliphatic carbocycles. The quantitative estimate of drug-likeness (QED) is 0.636. The minimum Gasteiger partial charge on any atom is -0.376 e. The monoisotopic (exact) mass is 369 g/mol. The number of carbonyl (C=O) groups is 1. The van der Waals surface area contributed by atoms with Gasteiger partial charge in [-0.3, -0.25) is 9.89 Å². The molecule has 0 spiro atoms. The lowest BCUT2D eigenvalue weighted by molar-refractivity contribution is -0.130. The van der Waals surface area contributed by atoms with Gasteiger partial charge in [0.2, 0.25) is 5.91 Å². The molecule has 1 atom stereocenters. The number of rotatable bonds is 5. The van der Waals surface area contributed by atoms with Crippen molar-refractivity contribution in [3.05, 3.63) is 42.6 Å². The number of hydrogen-bond acceptors (Lipinski definition) is 6. The van der Waals surface area contributed by atoms with E-state index in [2.05, 4.69) is 30.8 Å². The fraction of sp³-hybridized carbons (Fsp3) is 0.333. The molecule has 1 aliphatic rings. The maximum absolute atomic E-state index is 13.0. The average molecular weight is 369 g/mol. The normalized spacial score (nSPS) is 17.1. The van der Waals surface area contributed by atoms with Crippen molar-refractivity contribution in [2.24, 2.45) is 0 Å². The highest BCUT2D eigenvalue weighted by molar-refractivity contribution is 5.85. The van der Waals surface area contributed by atoms with Gasteiger partial charge < -0.3 is 15.5 Å². The van der Waals surface area contributed by atoms with E-state index in [0.717, 1.165) is 36.3 Å². The molecule has 1 amide bonds. The van der Waals surface area contributed by atoms with Crippen LogP contribution in [0, 0.1) is 5.82 Å². The molecule has 27 heavy (non-hydrogen) atoms. The Morgan fingerprint density at radius 2 is 2.15 bits per heavy atom. The van der Waals surface area contributed by atoms with Crippen LogP contribution >= 0.6 is 0 Å². The van der Waals surface area contributed by atoms with Crippen molar-refractivity contribution in [3.8, 4) is 0 Å². The second-order valence-electron chi connectivity index (χ2n) is 6.54. The van der Waals surface area contributed by atoms with Gasteiger partial charge in [0.25, 0.3) is 0 Å². The number of halogens is 1. The Morgan fingerprint density at radius 3 is 3.00 bits per heavy atom. The zero-order valence-electron chi connectivity index (χ0n) is 14.7. The predicted molar refractivity (Wildman–Crippen MR) is 99.8 cm³/mol. The van der Waals surface area contributed by atoms with Crippen LogP contribution in [0.5, 0.6) is 0 Å². The van der Waals surface area contributed by atoms with Crippen LogP contribution < -0.4 is 10.6 Å². The van der Waals surface area contributed by atoms with Gasteiger partial charge >= 0.3 is 0 Å². The average Bonchev–Trinajstić information content (AvgIpc) is 3.17. The zero-order valence-corrected chi connectivity index (χ0v) is 14.7. The minimum atomic E-state index is -0.298. The van der Waals surface area contributed by atoms with Crippen molar-refractivity contribution in [2.75, 3.05) is 30.3 Å². The third-order valence-corrected chi connectivity index (χ3v) is 4.65. The third-order valence-electron chi connectivity index (χ3n) is 4.65. The number of fused-ring (bicyclic) bond motifs is 1. The number of H-pyrrole nitrogens is 1. The number of likely N-dealkylation sites (tertiary alicyclic amines) is 1. The van der Waals surface area contributed by atoms with Crippen LogP contribution in [0.2, 0.25) is 0 Å². The number of nitrogens with zero attached hydrogens (tertiary/aromatic N) is 4. The van der Waals surface area contributed by atoms with Crippen LogP contribution in [-0.4, -0.2) is 56.6 Å². The van der Waals surface area contributed by atoms with Crippen molar-refractivity contribution in [3.63, 3.8) is 0 Å². The van der Waals surface area contributed by atoms with Gasteiger partial charge in [-0.05, 0) is 37.1 Å². The van der Waals surface area contributed by atoms with Gasteiger partial charge in [-0.1, -0.05) is 0 Å². The molecule has 3 N–H and O–H groups in total. The van der Waals surface area contributed by atoms with Crippen LogP contribution in [0.1, 0.15) is 12.8 Å². The van der Waals surface area contributed by atoms with Crippen LogP contribution in [0.15, 0.2) is 36.8 Å². The van der Waals surface area contributed by atoms with Gasteiger partial charge in [-0.15, -0.1) is 0 Å². The van der Waals surface area contributed by atoms with E-state index in [1.165, 1.54) is 18.5 Å². The summed E-state index contributed by atoms with van der Waals surface area (Å²) in [6.07, 6.45) is 5.05. The zero-order chi connectivity index (χ0) is 18.6. The molecule has 140 valence electrons. The molecule has 1 aliphatic heterocycles. The summed E-state index contributed by atoms with van der Waals surface area (Å²) in [7, 11) is 0. The van der Waals surface area contributed by atoms with E-state index < -0.39 is 0 Å². The van der Waals surface area contributed by atoms with Gasteiger partial charge in [0.05, 0.1) is 18.1 Å². The van der Waals surface area contributed by atoms with E-state index in [0.29, 0.717) is 12.2 Å². The summed E-state index contributed by atoms with van der Waals surface area (Å²) in [4.78, 5) is 22.8. The van der Waals surface area contributed by atoms with Gasteiger partial charge in [-0.25, -0.2) is 14.4 Å². The number of piperidine rings is 1. The molecule has 1 fully saturated rings. The molecule has 1 aromatic carbocycles. The van der Waals surface area contributed by atoms with Gasteiger partial charge in [0, 0.05) is 24.8 Å². The van der Waals surface area contributed by atoms with Gasteiger partial charge in [-0.2, -0.15) is 5.10 Å². The number of benzene rings is 1. The highest BCUT2D eigenvalue weighted by Gasteiger charge is 2.24. The summed E-state index contributed by atoms with van der Waals surface area (Å²) in [5.74, 6) is 0.438. The fourth-order valence-electron chi connectivity index (χ4n) is 3.25. The topological polar surface area (TPSA) is 98.8 Å². The first kappa shape index (κ1) is 17.2. The maximum atomic E-state index is 13.0. The second kappa shape index (κ2) is 7.56. The van der Waals surface area contributed by atoms with Crippen molar-refractivity contribution >= 4 is 28.4 Å². The van der Waals surface area contributed by atoms with Crippen LogP contribution in [0.4, 0.5) is 15.9 Å². The third kappa shape index (κ3) is 3.97. The lowest BCUT2D eigenvalue weighted by atomic mass is 10.1. The van der Waals surface area contributed by atoms with E-state index in [4.69, 9.17) is 0 Å². The van der Waals surface area contributed by atoms with Crippen molar-refractivity contribution in [1.82, 2.24) is 25.1 Å². The number of carbonyl (C=O) groups excluding carboxylic acids is 1. The van der Waals surface area contributed by atoms with E-state index in [9.17, 15) is 9.18 Å². The van der Waals surface area contributed by atoms with Crippen LogP contribution in [-0.2, 0) is 4.79 Å². The van der Waals surface area contributed by atoms with Gasteiger partial charge in [0.15, 0.2) is 5.65 Å². The van der Waals surface area contributed by atoms with Crippen molar-refractivity contribution in [1.29, 1.82) is 0 Å². The number of amides is 1. The molecular formula is C18H20FN7O. The molecule has 0 saturated carbocycles. The van der Waals surface area contributed by atoms with E-state index in [1.807, 2.05) is 4.90 Å². The molecule has 0 radical (unpaired) electrons. The van der Waals surface area contributed by atoms with Gasteiger partial charge in [0.1, 0.15) is 18.0 Å². The molecule has 0 unspecified atom stereocenters. The Hall–Kier alpha value is -3.23. The van der Waals surface area contributed by atoms with Crippen LogP contribution in [0.3, 0.4) is 0 Å². The molecule has 8 nitrogen and oxygen atoms in total. The van der Waals surface area contributed by atoms with Crippen LogP contribution in [0.25, 0.3) is 11.0 Å². The largest absolute Gasteiger partial charge is 0.376 e. The molecule has 2 aromatic heterocycles. The summed E-state index contributed by atoms with van der Waals surface area (Å²) in [6, 6.07) is 6.09. The smallest absolute Gasteiger partial charge is 0.241 e. The number of nitrogens with one attached hydrogen (secondary N) is 3. The number of aromatic amines is 1. The summed E-state index contributed by atoms with van der Waals surface area (Å²) >= 11 is 0. The molecular weight excluding hydrogens is 349 g/mol. The molecule has 1 saturated heterocycles. The van der Waals surface area contributed by atoms with E-state index in [1.54, 1.807) is 18.3 Å². The number of anilines is 2. The molecule has 4 rings (SSSR count). The number of aromatic nitrogens is 4. The molecule has 9 heteroatoms. The Bertz CT molecular complexity index is 927. The van der Waals surface area contributed by atoms with Crippen molar-refractivity contribution < 1.29 is 9.18 Å². The fourth-order valence-corrected chi connectivity index (χ4v) is 3.25. The Balaban J connectivity index is 1.35. The second-order valence-corrected chi connectivity index (χ2v) is 6.54. The maximum Gasteiger partial charge on any atom is 0.241 e. The molecule has 3 heterocycles. The highest BCUT2D eigenvalue weighted by atomic mass is 19.1. The molecule has 3 aromatic rings. The highest BCUT2D eigenvalue weighted by Crippen LogP contribution is 2.20. The Morgan fingerprint density at radius 1 is 1.30 bits per heavy atom. The summed E-state index contributed by atoms with van der Waals surface area (Å²) in [5, 5.41) is 14.1. The summed E-state index contributed by atoms with van der Waals surface area (Å²) in [5.41, 5.74) is 1.40. The Labute approximate surface area is 155 Å². The summed E-state index contributed by atoms with van der Waals surface area (Å²) < 4.78 is 13.0. The molecule has 0 bridgehead atoms. The first-order valence-corrected chi connectivity index (χ1v) is 8.87. The first-order chi connectivity index (χ1) is 13.2.